The molecule has 20 heavy (non-hydrogen) atoms. The minimum Gasteiger partial charge on any atom is -0.477 e. The van der Waals surface area contributed by atoms with Crippen LogP contribution in [0.2, 0.25) is 0 Å². The van der Waals surface area contributed by atoms with E-state index in [4.69, 9.17) is 12.2 Å². The Bertz CT molecular complexity index is 649. The number of aliphatic carboxylic acids is 1. The molecule has 1 N–H and O–H groups in total. The van der Waals surface area contributed by atoms with Gasteiger partial charge in [-0.1, -0.05) is 61.2 Å². The molecule has 0 bridgehead atoms. The molecule has 1 fully saturated rings. The second-order valence-electron chi connectivity index (χ2n) is 4.59. The maximum absolute atomic E-state index is 11.4. The first-order valence-corrected chi connectivity index (χ1v) is 7.65. The number of thiocarbonyl (C=S) groups is 1. The van der Waals surface area contributed by atoms with Crippen LogP contribution < -0.4 is 0 Å². The molecule has 102 valence electrons. The van der Waals surface area contributed by atoms with Crippen molar-refractivity contribution in [1.29, 1.82) is 0 Å². The van der Waals surface area contributed by atoms with E-state index in [2.05, 4.69) is 6.08 Å². The summed E-state index contributed by atoms with van der Waals surface area (Å²) in [7, 11) is 0. The second-order valence-corrected chi connectivity index (χ2v) is 6.15. The maximum Gasteiger partial charge on any atom is 0.353 e. The summed E-state index contributed by atoms with van der Waals surface area (Å²) in [6, 6.07) is 9.96. The number of hydrogen-bond acceptors (Lipinski definition) is 3. The highest BCUT2D eigenvalue weighted by molar-refractivity contribution is 8.04. The number of benzene rings is 1. The molecule has 2 aliphatic rings. The van der Waals surface area contributed by atoms with E-state index in [0.29, 0.717) is 10.7 Å². The second kappa shape index (κ2) is 5.07. The van der Waals surface area contributed by atoms with Gasteiger partial charge in [0.25, 0.3) is 0 Å². The van der Waals surface area contributed by atoms with E-state index in [9.17, 15) is 9.90 Å². The number of allylic oxidation sites excluding steroid dienone is 1. The molecule has 3 rings (SSSR count). The molecule has 0 aromatic heterocycles. The third kappa shape index (κ3) is 1.98. The van der Waals surface area contributed by atoms with E-state index >= 15 is 0 Å². The Kier molecular flexibility index (Phi) is 3.40. The summed E-state index contributed by atoms with van der Waals surface area (Å²) < 4.78 is 0. The van der Waals surface area contributed by atoms with Crippen LogP contribution in [-0.4, -0.2) is 26.3 Å². The van der Waals surface area contributed by atoms with Crippen molar-refractivity contribution in [2.75, 3.05) is 0 Å². The zero-order chi connectivity index (χ0) is 14.3. The van der Waals surface area contributed by atoms with Crippen LogP contribution in [0.25, 0.3) is 6.08 Å². The topological polar surface area (TPSA) is 40.5 Å². The van der Waals surface area contributed by atoms with Gasteiger partial charge in [-0.15, -0.1) is 0 Å². The third-order valence-corrected chi connectivity index (χ3v) is 5.26. The van der Waals surface area contributed by atoms with Crippen molar-refractivity contribution in [1.82, 2.24) is 4.90 Å². The lowest BCUT2D eigenvalue weighted by atomic mass is 10.0. The molecule has 5 heteroatoms. The SMILES string of the molecule is CCC1=C(C(=O)O)N2C(=S)C(=Cc3ccccc3)[C@@H]2S1. The molecule has 0 radical (unpaired) electrons. The van der Waals surface area contributed by atoms with E-state index in [1.165, 1.54) is 0 Å². The summed E-state index contributed by atoms with van der Waals surface area (Å²) in [4.78, 5) is 14.7. The van der Waals surface area contributed by atoms with Crippen LogP contribution in [0.1, 0.15) is 18.9 Å². The summed E-state index contributed by atoms with van der Waals surface area (Å²) in [5.41, 5.74) is 2.49. The molecule has 0 saturated carbocycles. The van der Waals surface area contributed by atoms with Crippen molar-refractivity contribution in [3.05, 3.63) is 52.1 Å². The third-order valence-electron chi connectivity index (χ3n) is 3.37. The van der Waals surface area contributed by atoms with Gasteiger partial charge in [-0.05, 0) is 18.1 Å². The molecule has 0 unspecified atom stereocenters. The number of hydrogen-bond donors (Lipinski definition) is 1. The van der Waals surface area contributed by atoms with E-state index in [1.54, 1.807) is 16.7 Å². The van der Waals surface area contributed by atoms with Gasteiger partial charge in [0.1, 0.15) is 16.1 Å². The molecule has 1 aromatic rings. The molecular weight excluding hydrogens is 290 g/mol. The van der Waals surface area contributed by atoms with Gasteiger partial charge < -0.3 is 10.0 Å². The molecule has 0 spiro atoms. The predicted molar refractivity (Wildman–Crippen MR) is 85.2 cm³/mol. The van der Waals surface area contributed by atoms with Crippen LogP contribution in [-0.2, 0) is 4.79 Å². The Hall–Kier alpha value is -1.59. The molecule has 1 saturated heterocycles. The van der Waals surface area contributed by atoms with Crippen LogP contribution in [0.3, 0.4) is 0 Å². The number of carboxylic acid groups (broad SMARTS) is 1. The summed E-state index contributed by atoms with van der Waals surface area (Å²) in [5.74, 6) is -0.891. The first-order valence-electron chi connectivity index (χ1n) is 6.36. The standard InChI is InChI=1S/C15H13NO2S2/c1-2-11-12(15(17)18)16-13(19)10(14(16)20-11)8-9-6-4-3-5-7-9/h3-8,14H,2H2,1H3,(H,17,18)/t14-/m0/s1. The van der Waals surface area contributed by atoms with Gasteiger partial charge in [-0.3, -0.25) is 0 Å². The lowest BCUT2D eigenvalue weighted by molar-refractivity contribution is -0.134. The molecule has 0 aliphatic carbocycles. The number of carbonyl (C=O) groups is 1. The normalized spacial score (nSPS) is 23.1. The highest BCUT2D eigenvalue weighted by atomic mass is 32.2. The Morgan fingerprint density at radius 2 is 2.15 bits per heavy atom. The zero-order valence-electron chi connectivity index (χ0n) is 10.9. The molecule has 2 aliphatic heterocycles. The van der Waals surface area contributed by atoms with Crippen molar-refractivity contribution < 1.29 is 9.90 Å². The number of fused-ring (bicyclic) bond motifs is 1. The first kappa shape index (κ1) is 13.4. The molecule has 1 aromatic carbocycles. The van der Waals surface area contributed by atoms with Crippen LogP contribution >= 0.6 is 24.0 Å². The van der Waals surface area contributed by atoms with Gasteiger partial charge in [-0.25, -0.2) is 4.79 Å². The fourth-order valence-electron chi connectivity index (χ4n) is 2.42. The van der Waals surface area contributed by atoms with Crippen molar-refractivity contribution in [2.45, 2.75) is 18.7 Å². The number of carboxylic acids is 1. The number of rotatable bonds is 3. The van der Waals surface area contributed by atoms with Crippen molar-refractivity contribution in [3.63, 3.8) is 0 Å². The fourth-order valence-corrected chi connectivity index (χ4v) is 4.28. The molecule has 2 heterocycles. The van der Waals surface area contributed by atoms with Gasteiger partial charge in [0.2, 0.25) is 0 Å². The summed E-state index contributed by atoms with van der Waals surface area (Å²) >= 11 is 6.98. The summed E-state index contributed by atoms with van der Waals surface area (Å²) in [5, 5.41) is 9.37. The number of thioether (sulfide) groups is 1. The van der Waals surface area contributed by atoms with Crippen LogP contribution in [0.15, 0.2) is 46.5 Å². The highest BCUT2D eigenvalue weighted by Crippen LogP contribution is 2.50. The Morgan fingerprint density at radius 1 is 1.45 bits per heavy atom. The van der Waals surface area contributed by atoms with Gasteiger partial charge >= 0.3 is 5.97 Å². The minimum atomic E-state index is -0.891. The minimum absolute atomic E-state index is 0.0313. The highest BCUT2D eigenvalue weighted by Gasteiger charge is 2.49. The van der Waals surface area contributed by atoms with Crippen molar-refractivity contribution in [3.8, 4) is 0 Å². The Morgan fingerprint density at radius 3 is 2.75 bits per heavy atom. The van der Waals surface area contributed by atoms with Gasteiger partial charge in [-0.2, -0.15) is 0 Å². The first-order chi connectivity index (χ1) is 9.63. The average Bonchev–Trinajstić information content (AvgIpc) is 2.81. The Balaban J connectivity index is 1.92. The van der Waals surface area contributed by atoms with E-state index in [0.717, 1.165) is 22.5 Å². The van der Waals surface area contributed by atoms with Gasteiger partial charge in [0.15, 0.2) is 0 Å². The van der Waals surface area contributed by atoms with E-state index < -0.39 is 5.97 Å². The largest absolute Gasteiger partial charge is 0.477 e. The van der Waals surface area contributed by atoms with E-state index in [-0.39, 0.29) is 5.37 Å². The van der Waals surface area contributed by atoms with Gasteiger partial charge in [0.05, 0.1) is 0 Å². The summed E-state index contributed by atoms with van der Waals surface area (Å²) in [6.07, 6.45) is 2.77. The number of nitrogens with zero attached hydrogens (tertiary/aromatic N) is 1. The van der Waals surface area contributed by atoms with Crippen LogP contribution in [0, 0.1) is 0 Å². The van der Waals surface area contributed by atoms with Crippen molar-refractivity contribution >= 4 is 41.0 Å². The lowest BCUT2D eigenvalue weighted by Crippen LogP contribution is -2.50. The predicted octanol–water partition coefficient (Wildman–Crippen LogP) is 3.49. The van der Waals surface area contributed by atoms with Crippen LogP contribution in [0.4, 0.5) is 0 Å². The van der Waals surface area contributed by atoms with Crippen molar-refractivity contribution in [2.24, 2.45) is 0 Å². The molecular formula is C15H13NO2S2. The average molecular weight is 303 g/mol. The maximum atomic E-state index is 11.4. The zero-order valence-corrected chi connectivity index (χ0v) is 12.5. The molecule has 0 amide bonds. The Labute approximate surface area is 127 Å². The van der Waals surface area contributed by atoms with Crippen LogP contribution in [0.5, 0.6) is 0 Å². The van der Waals surface area contributed by atoms with E-state index in [1.807, 2.05) is 37.3 Å². The smallest absolute Gasteiger partial charge is 0.353 e. The lowest BCUT2D eigenvalue weighted by Gasteiger charge is -2.40. The molecule has 1 atom stereocenters. The fraction of sp³-hybridized carbons (Fsp3) is 0.200. The quantitative estimate of drug-likeness (QED) is 0.684. The molecule has 3 nitrogen and oxygen atoms in total. The van der Waals surface area contributed by atoms with Gasteiger partial charge in [0, 0.05) is 10.5 Å². The summed E-state index contributed by atoms with van der Waals surface area (Å²) in [6.45, 7) is 1.97. The monoisotopic (exact) mass is 303 g/mol.